The van der Waals surface area contributed by atoms with Crippen LogP contribution >= 0.6 is 0 Å². The summed E-state index contributed by atoms with van der Waals surface area (Å²) >= 11 is 0. The minimum Gasteiger partial charge on any atom is -0.343 e. The van der Waals surface area contributed by atoms with Crippen LogP contribution in [-0.4, -0.2) is 26.8 Å². The zero-order valence-corrected chi connectivity index (χ0v) is 12.5. The summed E-state index contributed by atoms with van der Waals surface area (Å²) in [5.74, 6) is -2.82. The number of aromatic nitrogens is 3. The summed E-state index contributed by atoms with van der Waals surface area (Å²) in [5, 5.41) is 3.55. The van der Waals surface area contributed by atoms with Gasteiger partial charge in [0, 0.05) is 24.5 Å². The lowest BCUT2D eigenvalue weighted by molar-refractivity contribution is -0.124. The number of amides is 1. The Morgan fingerprint density at radius 1 is 1.32 bits per heavy atom. The molecule has 0 unspecified atom stereocenters. The number of halogens is 2. The van der Waals surface area contributed by atoms with Gasteiger partial charge in [0.05, 0.1) is 5.39 Å². The quantitative estimate of drug-likeness (QED) is 0.894. The molecule has 118 valence electrons. The lowest BCUT2D eigenvalue weighted by atomic mass is 9.86. The van der Waals surface area contributed by atoms with Crippen LogP contribution in [0.4, 0.5) is 14.6 Å². The Balaban J connectivity index is 1.80. The van der Waals surface area contributed by atoms with Crippen molar-refractivity contribution >= 4 is 22.8 Å². The third kappa shape index (κ3) is 2.67. The first-order valence-corrected chi connectivity index (χ1v) is 7.36. The van der Waals surface area contributed by atoms with Gasteiger partial charge in [0.15, 0.2) is 0 Å². The molecule has 1 aliphatic rings. The molecule has 2 aromatic heterocycles. The van der Waals surface area contributed by atoms with Crippen molar-refractivity contribution in [1.29, 1.82) is 0 Å². The van der Waals surface area contributed by atoms with Gasteiger partial charge < -0.3 is 10.3 Å². The van der Waals surface area contributed by atoms with Gasteiger partial charge in [-0.15, -0.1) is 0 Å². The zero-order chi connectivity index (χ0) is 15.9. The van der Waals surface area contributed by atoms with E-state index in [-0.39, 0.29) is 37.5 Å². The number of fused-ring (bicyclic) bond motifs is 1. The summed E-state index contributed by atoms with van der Waals surface area (Å²) in [5.41, 5.74) is 2.60. The van der Waals surface area contributed by atoms with Gasteiger partial charge in [-0.3, -0.25) is 4.79 Å². The Kier molecular flexibility index (Phi) is 3.58. The molecule has 2 aromatic rings. The van der Waals surface area contributed by atoms with Crippen LogP contribution in [0.1, 0.15) is 36.9 Å². The number of aryl methyl sites for hydroxylation is 2. The smallest absolute Gasteiger partial charge is 0.248 e. The van der Waals surface area contributed by atoms with Crippen LogP contribution in [0, 0.1) is 19.8 Å². The summed E-state index contributed by atoms with van der Waals surface area (Å²) < 4.78 is 26.4. The fraction of sp³-hybridized carbons (Fsp3) is 0.533. The molecule has 1 fully saturated rings. The number of rotatable bonds is 2. The van der Waals surface area contributed by atoms with E-state index in [9.17, 15) is 13.6 Å². The molecule has 7 heteroatoms. The summed E-state index contributed by atoms with van der Waals surface area (Å²) in [7, 11) is 0. The van der Waals surface area contributed by atoms with E-state index in [1.54, 1.807) is 0 Å². The molecule has 0 bridgehead atoms. The van der Waals surface area contributed by atoms with E-state index in [0.717, 1.165) is 16.6 Å². The van der Waals surface area contributed by atoms with Gasteiger partial charge in [0.1, 0.15) is 17.8 Å². The number of aromatic amines is 1. The largest absolute Gasteiger partial charge is 0.343 e. The molecule has 2 N–H and O–H groups in total. The number of alkyl halides is 2. The van der Waals surface area contributed by atoms with Gasteiger partial charge in [-0.25, -0.2) is 18.7 Å². The van der Waals surface area contributed by atoms with E-state index in [4.69, 9.17) is 0 Å². The minimum absolute atomic E-state index is 0.207. The van der Waals surface area contributed by atoms with E-state index in [2.05, 4.69) is 20.3 Å². The van der Waals surface area contributed by atoms with E-state index in [0.29, 0.717) is 11.5 Å². The predicted molar refractivity (Wildman–Crippen MR) is 78.9 cm³/mol. The molecule has 22 heavy (non-hydrogen) atoms. The highest BCUT2D eigenvalue weighted by Crippen LogP contribution is 2.36. The predicted octanol–water partition coefficient (Wildman–Crippen LogP) is 3.34. The Bertz CT molecular complexity index is 716. The summed E-state index contributed by atoms with van der Waals surface area (Å²) in [6.45, 7) is 3.85. The van der Waals surface area contributed by atoms with Crippen molar-refractivity contribution in [1.82, 2.24) is 15.0 Å². The van der Waals surface area contributed by atoms with E-state index in [1.807, 2.05) is 13.8 Å². The average Bonchev–Trinajstić information content (AvgIpc) is 2.75. The van der Waals surface area contributed by atoms with Crippen molar-refractivity contribution in [3.8, 4) is 0 Å². The van der Waals surface area contributed by atoms with E-state index in [1.165, 1.54) is 6.33 Å². The van der Waals surface area contributed by atoms with Gasteiger partial charge >= 0.3 is 0 Å². The van der Waals surface area contributed by atoms with Crippen molar-refractivity contribution in [3.05, 3.63) is 17.6 Å². The standard InChI is InChI=1S/C15H18F2N4O/c1-8-9(2)20-12-11(8)13(19-7-18-12)21-14(22)10-3-5-15(16,17)6-4-10/h7,10H,3-6H2,1-2H3,(H2,18,19,20,21,22). The number of nitrogens with zero attached hydrogens (tertiary/aromatic N) is 2. The third-order valence-corrected chi connectivity index (χ3v) is 4.42. The highest BCUT2D eigenvalue weighted by atomic mass is 19.3. The molecule has 0 aliphatic heterocycles. The first-order chi connectivity index (χ1) is 10.4. The summed E-state index contributed by atoms with van der Waals surface area (Å²) in [6.07, 6.45) is 1.33. The highest BCUT2D eigenvalue weighted by molar-refractivity contribution is 6.01. The van der Waals surface area contributed by atoms with Crippen LogP contribution in [0.2, 0.25) is 0 Å². The molecule has 0 saturated heterocycles. The number of nitrogens with one attached hydrogen (secondary N) is 2. The van der Waals surface area contributed by atoms with Crippen molar-refractivity contribution < 1.29 is 13.6 Å². The third-order valence-electron chi connectivity index (χ3n) is 4.42. The Morgan fingerprint density at radius 3 is 2.68 bits per heavy atom. The maximum Gasteiger partial charge on any atom is 0.248 e. The Hall–Kier alpha value is -2.05. The molecule has 1 aliphatic carbocycles. The molecule has 2 heterocycles. The zero-order valence-electron chi connectivity index (χ0n) is 12.5. The topological polar surface area (TPSA) is 70.7 Å². The molecule has 0 spiro atoms. The van der Waals surface area contributed by atoms with Crippen LogP contribution in [0.5, 0.6) is 0 Å². The molecule has 5 nitrogen and oxygen atoms in total. The van der Waals surface area contributed by atoms with E-state index < -0.39 is 5.92 Å². The molecular weight excluding hydrogens is 290 g/mol. The monoisotopic (exact) mass is 308 g/mol. The number of carbonyl (C=O) groups excluding carboxylic acids is 1. The Labute approximate surface area is 126 Å². The number of carbonyl (C=O) groups is 1. The molecular formula is C15H18F2N4O. The maximum absolute atomic E-state index is 13.2. The maximum atomic E-state index is 13.2. The first kappa shape index (κ1) is 14.9. The van der Waals surface area contributed by atoms with Crippen LogP contribution in [0.3, 0.4) is 0 Å². The average molecular weight is 308 g/mol. The normalized spacial score (nSPS) is 18.5. The van der Waals surface area contributed by atoms with Crippen LogP contribution in [-0.2, 0) is 4.79 Å². The van der Waals surface area contributed by atoms with Crippen LogP contribution in [0.25, 0.3) is 11.0 Å². The first-order valence-electron chi connectivity index (χ1n) is 7.36. The van der Waals surface area contributed by atoms with Crippen LogP contribution < -0.4 is 5.32 Å². The van der Waals surface area contributed by atoms with Crippen molar-refractivity contribution in [2.45, 2.75) is 45.5 Å². The van der Waals surface area contributed by atoms with Crippen molar-refractivity contribution in [3.63, 3.8) is 0 Å². The van der Waals surface area contributed by atoms with Gasteiger partial charge in [-0.2, -0.15) is 0 Å². The second kappa shape index (κ2) is 5.30. The van der Waals surface area contributed by atoms with Crippen LogP contribution in [0.15, 0.2) is 6.33 Å². The molecule has 0 atom stereocenters. The second-order valence-electron chi connectivity index (χ2n) is 5.94. The number of hydrogen-bond donors (Lipinski definition) is 2. The molecule has 0 radical (unpaired) electrons. The SMILES string of the molecule is Cc1[nH]c2ncnc(NC(=O)C3CCC(F)(F)CC3)c2c1C. The number of hydrogen-bond acceptors (Lipinski definition) is 3. The van der Waals surface area contributed by atoms with Gasteiger partial charge in [0.25, 0.3) is 0 Å². The molecule has 1 saturated carbocycles. The highest BCUT2D eigenvalue weighted by Gasteiger charge is 2.37. The van der Waals surface area contributed by atoms with Gasteiger partial charge in [-0.1, -0.05) is 0 Å². The van der Waals surface area contributed by atoms with Crippen molar-refractivity contribution in [2.24, 2.45) is 5.92 Å². The van der Waals surface area contributed by atoms with E-state index >= 15 is 0 Å². The fourth-order valence-corrected chi connectivity index (χ4v) is 2.91. The second-order valence-corrected chi connectivity index (χ2v) is 5.94. The van der Waals surface area contributed by atoms with Crippen molar-refractivity contribution in [2.75, 3.05) is 5.32 Å². The fourth-order valence-electron chi connectivity index (χ4n) is 2.91. The number of H-pyrrole nitrogens is 1. The minimum atomic E-state index is -2.63. The molecule has 1 amide bonds. The molecule has 3 rings (SSSR count). The lowest BCUT2D eigenvalue weighted by Gasteiger charge is -2.27. The lowest BCUT2D eigenvalue weighted by Crippen LogP contribution is -2.32. The Morgan fingerprint density at radius 2 is 2.00 bits per heavy atom. The molecule has 0 aromatic carbocycles. The van der Waals surface area contributed by atoms with Gasteiger partial charge in [-0.05, 0) is 32.3 Å². The summed E-state index contributed by atoms with van der Waals surface area (Å²) in [6, 6.07) is 0. The summed E-state index contributed by atoms with van der Waals surface area (Å²) in [4.78, 5) is 23.7. The number of anilines is 1. The van der Waals surface area contributed by atoms with Gasteiger partial charge in [0.2, 0.25) is 11.8 Å².